The lowest BCUT2D eigenvalue weighted by Crippen LogP contribution is -2.43. The molecule has 1 aliphatic carbocycles. The Hall–Kier alpha value is -3.45. The number of hydrogen-bond donors (Lipinski definition) is 1. The number of aliphatic hydroxyl groups is 1. The number of carbonyl (C=O) groups excluding carboxylic acids is 1. The molecule has 1 saturated carbocycles. The topological polar surface area (TPSA) is 130 Å². The average Bonchev–Trinajstić information content (AvgIpc) is 3.52. The van der Waals surface area contributed by atoms with Crippen molar-refractivity contribution in [3.05, 3.63) is 41.8 Å². The smallest absolute Gasteiger partial charge is 0.410 e. The van der Waals surface area contributed by atoms with Crippen LogP contribution in [0.4, 0.5) is 4.79 Å². The maximum absolute atomic E-state index is 12.9. The van der Waals surface area contributed by atoms with Gasteiger partial charge >= 0.3 is 6.09 Å². The van der Waals surface area contributed by atoms with Crippen LogP contribution in [0.1, 0.15) is 69.8 Å². The quantitative estimate of drug-likeness (QED) is 0.567. The number of fused-ring (bicyclic) bond motifs is 1. The monoisotopic (exact) mass is 478 g/mol. The van der Waals surface area contributed by atoms with Crippen LogP contribution in [-0.2, 0) is 16.7 Å². The van der Waals surface area contributed by atoms with Crippen molar-refractivity contribution in [1.82, 2.24) is 24.6 Å². The predicted molar refractivity (Wildman–Crippen MR) is 125 cm³/mol. The molecule has 10 heteroatoms. The van der Waals surface area contributed by atoms with Gasteiger partial charge in [-0.2, -0.15) is 10.2 Å². The summed E-state index contributed by atoms with van der Waals surface area (Å²) in [7, 11) is 0. The number of aliphatic hydroxyl groups excluding tert-OH is 1. The first-order chi connectivity index (χ1) is 16.7. The number of amides is 1. The van der Waals surface area contributed by atoms with Crippen LogP contribution in [0.5, 0.6) is 0 Å². The highest BCUT2D eigenvalue weighted by Gasteiger charge is 2.49. The molecule has 2 aliphatic rings. The third kappa shape index (κ3) is 4.48. The fourth-order valence-corrected chi connectivity index (χ4v) is 5.42. The Balaban J connectivity index is 1.28. The van der Waals surface area contributed by atoms with Gasteiger partial charge in [0.15, 0.2) is 5.82 Å². The molecular formula is C25H30N6O4. The van der Waals surface area contributed by atoms with Gasteiger partial charge < -0.3 is 23.8 Å². The second-order valence-corrected chi connectivity index (χ2v) is 10.6. The van der Waals surface area contributed by atoms with Crippen molar-refractivity contribution in [3.63, 3.8) is 0 Å². The van der Waals surface area contributed by atoms with Gasteiger partial charge in [-0.1, -0.05) is 5.16 Å². The van der Waals surface area contributed by atoms with E-state index in [1.807, 2.05) is 32.3 Å². The van der Waals surface area contributed by atoms with E-state index in [2.05, 4.69) is 25.8 Å². The number of hydrogen-bond acceptors (Lipinski definition) is 8. The van der Waals surface area contributed by atoms with E-state index in [1.54, 1.807) is 17.9 Å². The zero-order valence-electron chi connectivity index (χ0n) is 20.3. The Morgan fingerprint density at radius 3 is 2.97 bits per heavy atom. The minimum atomic E-state index is -0.818. The minimum absolute atomic E-state index is 0.234. The molecule has 5 rings (SSSR count). The lowest BCUT2D eigenvalue weighted by Gasteiger charge is -2.36. The molecule has 3 atom stereocenters. The maximum atomic E-state index is 12.9. The fourth-order valence-electron chi connectivity index (χ4n) is 5.42. The highest BCUT2D eigenvalue weighted by atomic mass is 16.6. The van der Waals surface area contributed by atoms with Crippen molar-refractivity contribution in [2.24, 2.45) is 5.92 Å². The van der Waals surface area contributed by atoms with Crippen molar-refractivity contribution < 1.29 is 19.2 Å². The van der Waals surface area contributed by atoms with Crippen LogP contribution in [-0.4, -0.2) is 54.5 Å². The van der Waals surface area contributed by atoms with Crippen LogP contribution in [0, 0.1) is 17.2 Å². The van der Waals surface area contributed by atoms with Crippen molar-refractivity contribution in [1.29, 1.82) is 5.26 Å². The molecule has 184 valence electrons. The van der Waals surface area contributed by atoms with E-state index >= 15 is 0 Å². The summed E-state index contributed by atoms with van der Waals surface area (Å²) in [4.78, 5) is 23.4. The molecule has 0 bridgehead atoms. The summed E-state index contributed by atoms with van der Waals surface area (Å²) in [5, 5.41) is 22.8. The summed E-state index contributed by atoms with van der Waals surface area (Å²) in [5.74, 6) is 0.946. The molecule has 10 nitrogen and oxygen atoms in total. The van der Waals surface area contributed by atoms with E-state index in [0.29, 0.717) is 30.5 Å². The lowest BCUT2D eigenvalue weighted by molar-refractivity contribution is 0.00413. The number of benzene rings is 1. The van der Waals surface area contributed by atoms with Gasteiger partial charge in [0, 0.05) is 13.1 Å². The number of rotatable bonds is 6. The molecule has 1 unspecified atom stereocenters. The molecule has 3 heterocycles. The normalized spacial score (nSPS) is 23.6. The van der Waals surface area contributed by atoms with Gasteiger partial charge in [0.25, 0.3) is 0 Å². The number of nitriles is 1. The summed E-state index contributed by atoms with van der Waals surface area (Å²) >= 11 is 0. The first-order valence-electron chi connectivity index (χ1n) is 12.0. The van der Waals surface area contributed by atoms with Crippen LogP contribution in [0.3, 0.4) is 0 Å². The Kier molecular flexibility index (Phi) is 5.75. The molecule has 1 aliphatic heterocycles. The fraction of sp³-hybridized carbons (Fsp3) is 0.560. The second-order valence-electron chi connectivity index (χ2n) is 10.6. The summed E-state index contributed by atoms with van der Waals surface area (Å²) in [6.45, 7) is 7.12. The molecule has 2 aromatic heterocycles. The Morgan fingerprint density at radius 2 is 2.23 bits per heavy atom. The van der Waals surface area contributed by atoms with Gasteiger partial charge in [-0.15, -0.1) is 0 Å². The average molecular weight is 479 g/mol. The van der Waals surface area contributed by atoms with E-state index < -0.39 is 17.1 Å². The van der Waals surface area contributed by atoms with Crippen LogP contribution in [0.15, 0.2) is 29.0 Å². The van der Waals surface area contributed by atoms with Crippen LogP contribution in [0.2, 0.25) is 0 Å². The largest absolute Gasteiger partial charge is 0.441 e. The van der Waals surface area contributed by atoms with Crippen LogP contribution in [0.25, 0.3) is 11.0 Å². The van der Waals surface area contributed by atoms with E-state index in [-0.39, 0.29) is 11.9 Å². The highest BCUT2D eigenvalue weighted by molar-refractivity contribution is 5.77. The van der Waals surface area contributed by atoms with E-state index in [4.69, 9.17) is 9.26 Å². The summed E-state index contributed by atoms with van der Waals surface area (Å²) in [5.41, 5.74) is 1.34. The SMILES string of the molecule is CC(O)c1noc(C(C)(C)CN2C[C@@]3(CCC[C@H](Cn4cnc5ccc(C#N)cc54)C3)OC2=O)n1. The zero-order chi connectivity index (χ0) is 24.8. The molecule has 1 spiro atoms. The maximum Gasteiger partial charge on any atom is 0.410 e. The van der Waals surface area contributed by atoms with Crippen molar-refractivity contribution in [3.8, 4) is 6.07 Å². The number of carbonyl (C=O) groups is 1. The van der Waals surface area contributed by atoms with Gasteiger partial charge in [-0.25, -0.2) is 9.78 Å². The molecule has 3 aromatic rings. The Morgan fingerprint density at radius 1 is 1.40 bits per heavy atom. The molecular weight excluding hydrogens is 448 g/mol. The van der Waals surface area contributed by atoms with Crippen LogP contribution >= 0.6 is 0 Å². The predicted octanol–water partition coefficient (Wildman–Crippen LogP) is 3.70. The second kappa shape index (κ2) is 8.64. The van der Waals surface area contributed by atoms with Gasteiger partial charge in [0.05, 0.1) is 41.0 Å². The molecule has 1 saturated heterocycles. The van der Waals surface area contributed by atoms with E-state index in [0.717, 1.165) is 43.3 Å². The number of ether oxygens (including phenoxy) is 1. The molecule has 35 heavy (non-hydrogen) atoms. The van der Waals surface area contributed by atoms with Gasteiger partial charge in [0.1, 0.15) is 11.7 Å². The molecule has 0 radical (unpaired) electrons. The first-order valence-corrected chi connectivity index (χ1v) is 12.0. The number of nitrogens with zero attached hydrogens (tertiary/aromatic N) is 6. The Bertz CT molecular complexity index is 1290. The van der Waals surface area contributed by atoms with Crippen molar-refractivity contribution in [2.75, 3.05) is 13.1 Å². The van der Waals surface area contributed by atoms with E-state index in [9.17, 15) is 15.2 Å². The Labute approximate surface area is 203 Å². The van der Waals surface area contributed by atoms with Gasteiger partial charge in [-0.3, -0.25) is 0 Å². The summed E-state index contributed by atoms with van der Waals surface area (Å²) < 4.78 is 13.5. The first kappa shape index (κ1) is 23.3. The van der Waals surface area contributed by atoms with E-state index in [1.165, 1.54) is 0 Å². The highest BCUT2D eigenvalue weighted by Crippen LogP contribution is 2.41. The summed E-state index contributed by atoms with van der Waals surface area (Å²) in [6.07, 6.45) is 4.33. The zero-order valence-corrected chi connectivity index (χ0v) is 20.3. The van der Waals surface area contributed by atoms with Crippen LogP contribution < -0.4 is 0 Å². The van der Waals surface area contributed by atoms with Crippen molar-refractivity contribution in [2.45, 2.75) is 70.1 Å². The number of imidazole rings is 1. The minimum Gasteiger partial charge on any atom is -0.441 e. The number of aromatic nitrogens is 4. The molecule has 1 N–H and O–H groups in total. The van der Waals surface area contributed by atoms with Gasteiger partial charge in [0.2, 0.25) is 5.89 Å². The molecule has 2 fully saturated rings. The third-order valence-electron chi connectivity index (χ3n) is 7.13. The molecule has 1 aromatic carbocycles. The van der Waals surface area contributed by atoms with Gasteiger partial charge in [-0.05, 0) is 70.6 Å². The summed E-state index contributed by atoms with van der Waals surface area (Å²) in [6, 6.07) is 7.72. The standard InChI is InChI=1S/C25H30N6O4/c1-16(32)21-28-22(35-29-21)24(2,3)13-31-14-25(34-23(31)33)8-4-5-18(10-25)12-30-15-27-19-7-6-17(11-26)9-20(19)30/h6-7,9,15-16,18,32H,4-5,8,10,12-14H2,1-3H3/t16?,18-,25-/m0/s1. The van der Waals surface area contributed by atoms with Crippen molar-refractivity contribution >= 4 is 17.1 Å². The third-order valence-corrected chi connectivity index (χ3v) is 7.13. The molecule has 1 amide bonds. The lowest BCUT2D eigenvalue weighted by atomic mass is 9.77.